The van der Waals surface area contributed by atoms with E-state index in [1.165, 1.54) is 0 Å². The Morgan fingerprint density at radius 2 is 1.90 bits per heavy atom. The number of phenols is 1. The molecular formula is C16H26N2O3. The second kappa shape index (κ2) is 7.43. The van der Waals surface area contributed by atoms with Gasteiger partial charge in [0.25, 0.3) is 0 Å². The average molecular weight is 294 g/mol. The molecule has 0 spiro atoms. The van der Waals surface area contributed by atoms with Crippen LogP contribution < -0.4 is 11.1 Å². The summed E-state index contributed by atoms with van der Waals surface area (Å²) in [7, 11) is 0. The molecule has 5 heteroatoms. The Labute approximate surface area is 126 Å². The monoisotopic (exact) mass is 294 g/mol. The van der Waals surface area contributed by atoms with Crippen LogP contribution in [-0.4, -0.2) is 34.3 Å². The Bertz CT molecular complexity index is 455. The average Bonchev–Trinajstić information content (AvgIpc) is 2.37. The number of benzene rings is 1. The van der Waals surface area contributed by atoms with Crippen LogP contribution in [0, 0.1) is 5.92 Å². The lowest BCUT2D eigenvalue weighted by Gasteiger charge is -2.26. The van der Waals surface area contributed by atoms with Gasteiger partial charge in [-0.2, -0.15) is 0 Å². The van der Waals surface area contributed by atoms with Gasteiger partial charge >= 0.3 is 0 Å². The van der Waals surface area contributed by atoms with Crippen molar-refractivity contribution in [3.05, 3.63) is 29.8 Å². The van der Waals surface area contributed by atoms with Gasteiger partial charge in [0, 0.05) is 6.54 Å². The smallest absolute Gasteiger partial charge is 0.237 e. The molecule has 1 rings (SSSR count). The van der Waals surface area contributed by atoms with Crippen LogP contribution in [0.1, 0.15) is 32.8 Å². The molecule has 1 amide bonds. The van der Waals surface area contributed by atoms with Crippen LogP contribution in [0.4, 0.5) is 0 Å². The lowest BCUT2D eigenvalue weighted by atomic mass is 9.94. The number of hydrogen-bond donors (Lipinski definition) is 4. The second-order valence-electron chi connectivity index (χ2n) is 6.29. The molecule has 0 aliphatic rings. The fourth-order valence-electron chi connectivity index (χ4n) is 2.34. The normalized spacial score (nSPS) is 15.5. The van der Waals surface area contributed by atoms with Gasteiger partial charge in [-0.1, -0.05) is 26.0 Å². The molecule has 5 N–H and O–H groups in total. The first-order valence-corrected chi connectivity index (χ1v) is 7.23. The molecule has 5 nitrogen and oxygen atoms in total. The largest absolute Gasteiger partial charge is 0.508 e. The van der Waals surface area contributed by atoms with Gasteiger partial charge in [-0.05, 0) is 43.4 Å². The molecule has 118 valence electrons. The van der Waals surface area contributed by atoms with E-state index in [1.54, 1.807) is 31.2 Å². The topological polar surface area (TPSA) is 95.6 Å². The molecule has 2 atom stereocenters. The van der Waals surface area contributed by atoms with Gasteiger partial charge < -0.3 is 21.3 Å². The highest BCUT2D eigenvalue weighted by Gasteiger charge is 2.24. The summed E-state index contributed by atoms with van der Waals surface area (Å²) in [5.41, 5.74) is 5.81. The van der Waals surface area contributed by atoms with Crippen LogP contribution in [0.3, 0.4) is 0 Å². The molecule has 0 aliphatic heterocycles. The highest BCUT2D eigenvalue weighted by Crippen LogP contribution is 2.15. The zero-order chi connectivity index (χ0) is 16.0. The molecule has 21 heavy (non-hydrogen) atoms. The third-order valence-corrected chi connectivity index (χ3v) is 3.22. The van der Waals surface area contributed by atoms with E-state index >= 15 is 0 Å². The van der Waals surface area contributed by atoms with Gasteiger partial charge in [0.15, 0.2) is 0 Å². The first-order valence-electron chi connectivity index (χ1n) is 7.23. The predicted molar refractivity (Wildman–Crippen MR) is 82.9 cm³/mol. The molecule has 0 saturated heterocycles. The maximum absolute atomic E-state index is 12.0. The number of rotatable bonds is 7. The Hall–Kier alpha value is -1.59. The highest BCUT2D eigenvalue weighted by atomic mass is 16.3. The van der Waals surface area contributed by atoms with Crippen LogP contribution in [0.2, 0.25) is 0 Å². The van der Waals surface area contributed by atoms with Crippen molar-refractivity contribution in [1.29, 1.82) is 0 Å². The van der Waals surface area contributed by atoms with Gasteiger partial charge in [-0.15, -0.1) is 0 Å². The number of nitrogens with one attached hydrogen (secondary N) is 1. The van der Waals surface area contributed by atoms with Crippen LogP contribution in [0.15, 0.2) is 24.3 Å². The molecule has 0 saturated carbocycles. The minimum atomic E-state index is -0.928. The third kappa shape index (κ3) is 6.60. The standard InChI is InChI=1S/C16H26N2O3/c1-11(2)9-16(3,21)10-18-15(20)14(17)8-12-4-6-13(19)7-5-12/h4-7,11,14,19,21H,8-10,17H2,1-3H3,(H,18,20). The number of hydrogen-bond acceptors (Lipinski definition) is 4. The van der Waals surface area contributed by atoms with Crippen LogP contribution in [0.25, 0.3) is 0 Å². The van der Waals surface area contributed by atoms with E-state index in [0.29, 0.717) is 18.8 Å². The summed E-state index contributed by atoms with van der Waals surface area (Å²) in [4.78, 5) is 12.0. The molecule has 2 unspecified atom stereocenters. The van der Waals surface area contributed by atoms with Crippen molar-refractivity contribution in [2.75, 3.05) is 6.54 Å². The predicted octanol–water partition coefficient (Wildman–Crippen LogP) is 1.18. The van der Waals surface area contributed by atoms with Gasteiger partial charge in [0.1, 0.15) is 5.75 Å². The Morgan fingerprint density at radius 1 is 1.33 bits per heavy atom. The first kappa shape index (κ1) is 17.5. The Morgan fingerprint density at radius 3 is 2.43 bits per heavy atom. The molecule has 0 radical (unpaired) electrons. The minimum absolute atomic E-state index is 0.182. The van der Waals surface area contributed by atoms with Crippen molar-refractivity contribution in [3.63, 3.8) is 0 Å². The second-order valence-corrected chi connectivity index (χ2v) is 6.29. The maximum Gasteiger partial charge on any atom is 0.237 e. The van der Waals surface area contributed by atoms with E-state index in [-0.39, 0.29) is 18.2 Å². The molecule has 0 bridgehead atoms. The van der Waals surface area contributed by atoms with E-state index < -0.39 is 11.6 Å². The van der Waals surface area contributed by atoms with Crippen molar-refractivity contribution in [2.24, 2.45) is 11.7 Å². The number of carbonyl (C=O) groups excluding carboxylic acids is 1. The summed E-state index contributed by atoms with van der Waals surface area (Å²) in [6, 6.07) is 5.92. The highest BCUT2D eigenvalue weighted by molar-refractivity contribution is 5.81. The summed E-state index contributed by atoms with van der Waals surface area (Å²) in [6.45, 7) is 5.94. The molecular weight excluding hydrogens is 268 g/mol. The first-order chi connectivity index (χ1) is 9.69. The maximum atomic E-state index is 12.0. The fourth-order valence-corrected chi connectivity index (χ4v) is 2.34. The van der Waals surface area contributed by atoms with Crippen LogP contribution in [0.5, 0.6) is 5.75 Å². The quantitative estimate of drug-likeness (QED) is 0.607. The van der Waals surface area contributed by atoms with Crippen molar-refractivity contribution in [3.8, 4) is 5.75 Å². The zero-order valence-corrected chi connectivity index (χ0v) is 13.0. The summed E-state index contributed by atoms with van der Waals surface area (Å²) >= 11 is 0. The number of aromatic hydroxyl groups is 1. The summed E-state index contributed by atoms with van der Waals surface area (Å²) in [5.74, 6) is 0.246. The summed E-state index contributed by atoms with van der Waals surface area (Å²) in [6.07, 6.45) is 0.999. The van der Waals surface area contributed by atoms with Crippen LogP contribution >= 0.6 is 0 Å². The molecule has 0 heterocycles. The summed E-state index contributed by atoms with van der Waals surface area (Å²) in [5, 5.41) is 22.1. The lowest BCUT2D eigenvalue weighted by Crippen LogP contribution is -2.48. The van der Waals surface area contributed by atoms with Crippen molar-refractivity contribution in [1.82, 2.24) is 5.32 Å². The van der Waals surface area contributed by atoms with Gasteiger partial charge in [-0.3, -0.25) is 4.79 Å². The van der Waals surface area contributed by atoms with Gasteiger partial charge in [0.05, 0.1) is 11.6 Å². The van der Waals surface area contributed by atoms with E-state index in [2.05, 4.69) is 5.32 Å². The molecule has 0 fully saturated rings. The molecule has 0 aromatic heterocycles. The van der Waals surface area contributed by atoms with E-state index in [9.17, 15) is 15.0 Å². The summed E-state index contributed by atoms with van der Waals surface area (Å²) < 4.78 is 0. The SMILES string of the molecule is CC(C)CC(C)(O)CNC(=O)C(N)Cc1ccc(O)cc1. The van der Waals surface area contributed by atoms with Crippen molar-refractivity contribution in [2.45, 2.75) is 45.3 Å². The van der Waals surface area contributed by atoms with E-state index in [4.69, 9.17) is 5.73 Å². The zero-order valence-electron chi connectivity index (χ0n) is 13.0. The number of aliphatic hydroxyl groups is 1. The lowest BCUT2D eigenvalue weighted by molar-refractivity contribution is -0.123. The Balaban J connectivity index is 2.46. The van der Waals surface area contributed by atoms with E-state index in [0.717, 1.165) is 5.56 Å². The minimum Gasteiger partial charge on any atom is -0.508 e. The van der Waals surface area contributed by atoms with Gasteiger partial charge in [-0.25, -0.2) is 0 Å². The third-order valence-electron chi connectivity index (χ3n) is 3.22. The fraction of sp³-hybridized carbons (Fsp3) is 0.562. The molecule has 1 aromatic rings. The molecule has 1 aromatic carbocycles. The van der Waals surface area contributed by atoms with Crippen molar-refractivity contribution >= 4 is 5.91 Å². The van der Waals surface area contributed by atoms with Crippen molar-refractivity contribution < 1.29 is 15.0 Å². The number of nitrogens with two attached hydrogens (primary N) is 1. The van der Waals surface area contributed by atoms with Gasteiger partial charge in [0.2, 0.25) is 5.91 Å². The van der Waals surface area contributed by atoms with E-state index in [1.807, 2.05) is 13.8 Å². The Kier molecular flexibility index (Phi) is 6.18. The number of phenolic OH excluding ortho intramolecular Hbond substituents is 1. The number of amides is 1. The number of carbonyl (C=O) groups is 1. The molecule has 0 aliphatic carbocycles. The van der Waals surface area contributed by atoms with Crippen LogP contribution in [-0.2, 0) is 11.2 Å².